The van der Waals surface area contributed by atoms with Crippen LogP contribution in [0.3, 0.4) is 0 Å². The molecule has 0 aliphatic heterocycles. The van der Waals surface area contributed by atoms with Crippen LogP contribution >= 0.6 is 23.2 Å². The van der Waals surface area contributed by atoms with Crippen LogP contribution in [-0.2, 0) is 13.7 Å². The van der Waals surface area contributed by atoms with Crippen molar-refractivity contribution >= 4 is 34.4 Å². The van der Waals surface area contributed by atoms with Crippen molar-refractivity contribution in [2.45, 2.75) is 6.61 Å². The zero-order valence-corrected chi connectivity index (χ0v) is 20.4. The van der Waals surface area contributed by atoms with Crippen molar-refractivity contribution in [3.05, 3.63) is 62.3 Å². The zero-order chi connectivity index (χ0) is 25.4. The number of fused-ring (bicyclic) bond motifs is 1. The van der Waals surface area contributed by atoms with Crippen molar-refractivity contribution in [2.75, 3.05) is 21.3 Å². The lowest BCUT2D eigenvalue weighted by molar-refractivity contribution is 0.270. The van der Waals surface area contributed by atoms with E-state index in [1.54, 1.807) is 0 Å². The molecule has 0 saturated heterocycles. The number of hydrogen-bond acceptors (Lipinski definition) is 7. The van der Waals surface area contributed by atoms with E-state index in [2.05, 4.69) is 9.97 Å². The van der Waals surface area contributed by atoms with Gasteiger partial charge in [-0.05, 0) is 23.7 Å². The van der Waals surface area contributed by atoms with Crippen LogP contribution in [-0.4, -0.2) is 40.4 Å². The fraction of sp³-hybridized carbons (Fsp3) is 0.227. The third-order valence-electron chi connectivity index (χ3n) is 5.24. The van der Waals surface area contributed by atoms with E-state index in [-0.39, 0.29) is 55.8 Å². The standard InChI is InChI=1S/C22H18Cl2F2N4O5/c1-29-18-19(27-21(24)28-20(18)34-4)30(22(29)31)13-8-16(15(33-3)7-11(13)23)35-9-10-14(32-2)6-5-12(25)17(10)26/h5-8H,9H2,1-4H3. The fourth-order valence-electron chi connectivity index (χ4n) is 3.56. The molecule has 0 bridgehead atoms. The van der Waals surface area contributed by atoms with E-state index in [0.717, 1.165) is 6.07 Å². The van der Waals surface area contributed by atoms with Crippen LogP contribution in [0.1, 0.15) is 5.56 Å². The molecule has 2 heterocycles. The second kappa shape index (κ2) is 9.59. The average molecular weight is 527 g/mol. The maximum atomic E-state index is 14.4. The Morgan fingerprint density at radius 1 is 0.971 bits per heavy atom. The number of nitrogens with zero attached hydrogens (tertiary/aromatic N) is 4. The average Bonchev–Trinajstić information content (AvgIpc) is 3.09. The number of aryl methyl sites for hydroxylation is 1. The van der Waals surface area contributed by atoms with Gasteiger partial charge in [-0.15, -0.1) is 0 Å². The zero-order valence-electron chi connectivity index (χ0n) is 18.9. The molecule has 0 saturated carbocycles. The summed E-state index contributed by atoms with van der Waals surface area (Å²) in [5.74, 6) is -1.70. The Kier molecular flexibility index (Phi) is 6.73. The third kappa shape index (κ3) is 4.21. The lowest BCUT2D eigenvalue weighted by Gasteiger charge is -2.16. The van der Waals surface area contributed by atoms with Gasteiger partial charge in [0.25, 0.3) is 0 Å². The van der Waals surface area contributed by atoms with Crippen LogP contribution in [0.15, 0.2) is 29.1 Å². The highest BCUT2D eigenvalue weighted by Gasteiger charge is 2.23. The van der Waals surface area contributed by atoms with Gasteiger partial charge in [-0.25, -0.2) is 18.1 Å². The molecule has 0 amide bonds. The van der Waals surface area contributed by atoms with E-state index < -0.39 is 23.9 Å². The third-order valence-corrected chi connectivity index (χ3v) is 5.72. The lowest BCUT2D eigenvalue weighted by atomic mass is 10.2. The van der Waals surface area contributed by atoms with Crippen molar-refractivity contribution < 1.29 is 27.7 Å². The topological polar surface area (TPSA) is 89.6 Å². The lowest BCUT2D eigenvalue weighted by Crippen LogP contribution is -2.21. The summed E-state index contributed by atoms with van der Waals surface area (Å²) in [6.45, 7) is -0.406. The summed E-state index contributed by atoms with van der Waals surface area (Å²) < 4.78 is 52.1. The highest BCUT2D eigenvalue weighted by atomic mass is 35.5. The largest absolute Gasteiger partial charge is 0.496 e. The quantitative estimate of drug-likeness (QED) is 0.331. The summed E-state index contributed by atoms with van der Waals surface area (Å²) in [7, 11) is 5.59. The van der Waals surface area contributed by atoms with E-state index in [1.165, 1.54) is 55.7 Å². The highest BCUT2D eigenvalue weighted by Crippen LogP contribution is 2.37. The maximum absolute atomic E-state index is 14.4. The van der Waals surface area contributed by atoms with Gasteiger partial charge in [0.05, 0.1) is 37.6 Å². The molecule has 2 aromatic heterocycles. The number of ether oxygens (including phenoxy) is 4. The molecule has 4 rings (SSSR count). The van der Waals surface area contributed by atoms with Gasteiger partial charge < -0.3 is 18.9 Å². The molecule has 0 atom stereocenters. The van der Waals surface area contributed by atoms with Gasteiger partial charge in [-0.3, -0.25) is 4.57 Å². The highest BCUT2D eigenvalue weighted by molar-refractivity contribution is 6.32. The SMILES string of the molecule is COc1cc(Cl)c(-n2c(=O)n(C)c3c(OC)nc(Cl)nc32)cc1OCc1c(OC)ccc(F)c1F. The molecule has 13 heteroatoms. The van der Waals surface area contributed by atoms with Crippen LogP contribution in [0.25, 0.3) is 16.9 Å². The number of imidazole rings is 1. The van der Waals surface area contributed by atoms with Gasteiger partial charge in [0.15, 0.2) is 34.3 Å². The summed E-state index contributed by atoms with van der Waals surface area (Å²) >= 11 is 12.5. The molecule has 4 aromatic rings. The van der Waals surface area contributed by atoms with E-state index in [1.807, 2.05) is 0 Å². The second-order valence-electron chi connectivity index (χ2n) is 7.14. The molecule has 0 fully saturated rings. The molecule has 2 aromatic carbocycles. The van der Waals surface area contributed by atoms with Crippen molar-refractivity contribution in [3.63, 3.8) is 0 Å². The molecular formula is C22H18Cl2F2N4O5. The molecule has 35 heavy (non-hydrogen) atoms. The van der Waals surface area contributed by atoms with Gasteiger partial charge in [0, 0.05) is 19.2 Å². The van der Waals surface area contributed by atoms with Gasteiger partial charge in [0.1, 0.15) is 12.4 Å². The van der Waals surface area contributed by atoms with Gasteiger partial charge in [-0.1, -0.05) is 11.6 Å². The Labute approximate surface area is 207 Å². The van der Waals surface area contributed by atoms with Gasteiger partial charge in [-0.2, -0.15) is 9.97 Å². The summed E-state index contributed by atoms with van der Waals surface area (Å²) in [6.07, 6.45) is 0. The van der Waals surface area contributed by atoms with Gasteiger partial charge in [0.2, 0.25) is 11.2 Å². The number of methoxy groups -OCH3 is 3. The Morgan fingerprint density at radius 2 is 1.69 bits per heavy atom. The molecular weight excluding hydrogens is 509 g/mol. The molecule has 0 unspecified atom stereocenters. The number of benzene rings is 2. The second-order valence-corrected chi connectivity index (χ2v) is 7.88. The number of aromatic nitrogens is 4. The maximum Gasteiger partial charge on any atom is 0.334 e. The minimum atomic E-state index is -1.11. The number of rotatable bonds is 7. The van der Waals surface area contributed by atoms with Crippen LogP contribution < -0.4 is 24.6 Å². The molecule has 0 spiro atoms. The Balaban J connectivity index is 1.87. The molecule has 0 aliphatic rings. The first-order valence-corrected chi connectivity index (χ1v) is 10.7. The van der Waals surface area contributed by atoms with Crippen LogP contribution in [0.4, 0.5) is 8.78 Å². The van der Waals surface area contributed by atoms with Crippen LogP contribution in [0.5, 0.6) is 23.1 Å². The fourth-order valence-corrected chi connectivity index (χ4v) is 3.96. The molecule has 184 valence electrons. The van der Waals surface area contributed by atoms with E-state index >= 15 is 0 Å². The van der Waals surface area contributed by atoms with E-state index in [9.17, 15) is 13.6 Å². The van der Waals surface area contributed by atoms with Crippen molar-refractivity contribution in [1.29, 1.82) is 0 Å². The monoisotopic (exact) mass is 526 g/mol. The summed E-state index contributed by atoms with van der Waals surface area (Å²) in [5, 5.41) is -0.0319. The Bertz CT molecular complexity index is 1510. The predicted molar refractivity (Wildman–Crippen MR) is 124 cm³/mol. The first-order chi connectivity index (χ1) is 16.7. The van der Waals surface area contributed by atoms with Gasteiger partial charge >= 0.3 is 5.69 Å². The van der Waals surface area contributed by atoms with Crippen molar-refractivity contribution in [2.24, 2.45) is 7.05 Å². The number of halogens is 4. The summed E-state index contributed by atoms with van der Waals surface area (Å²) in [5.41, 5.74) is -0.0852. The molecule has 9 nitrogen and oxygen atoms in total. The minimum Gasteiger partial charge on any atom is -0.496 e. The van der Waals surface area contributed by atoms with Crippen LogP contribution in [0.2, 0.25) is 10.3 Å². The number of hydrogen-bond donors (Lipinski definition) is 0. The summed E-state index contributed by atoms with van der Waals surface area (Å²) in [4.78, 5) is 21.3. The summed E-state index contributed by atoms with van der Waals surface area (Å²) in [6, 6.07) is 5.06. The van der Waals surface area contributed by atoms with Crippen molar-refractivity contribution in [3.8, 4) is 28.8 Å². The smallest absolute Gasteiger partial charge is 0.334 e. The first kappa shape index (κ1) is 24.6. The van der Waals surface area contributed by atoms with Crippen molar-refractivity contribution in [1.82, 2.24) is 19.1 Å². The molecule has 0 N–H and O–H groups in total. The first-order valence-electron chi connectivity index (χ1n) is 9.92. The van der Waals surface area contributed by atoms with Crippen LogP contribution in [0, 0.1) is 11.6 Å². The molecule has 0 radical (unpaired) electrons. The predicted octanol–water partition coefficient (Wildman–Crippen LogP) is 4.31. The Hall–Kier alpha value is -3.57. The molecule has 0 aliphatic carbocycles. The minimum absolute atomic E-state index is 0.0909. The Morgan fingerprint density at radius 3 is 2.34 bits per heavy atom. The normalized spacial score (nSPS) is 11.1. The van der Waals surface area contributed by atoms with E-state index in [0.29, 0.717) is 0 Å². The van der Waals surface area contributed by atoms with E-state index in [4.69, 9.17) is 42.1 Å².